The molecule has 0 spiro atoms. The predicted octanol–water partition coefficient (Wildman–Crippen LogP) is 3.52. The molecule has 0 bridgehead atoms. The van der Waals surface area contributed by atoms with Gasteiger partial charge in [0.05, 0.1) is 41.5 Å². The molecule has 1 amide bonds. The Morgan fingerprint density at radius 2 is 1.76 bits per heavy atom. The number of hydrogen-bond donors (Lipinski definition) is 2. The standard InChI is InChI=1S/C21H17N5O3/c1-2-29-21(28)15-8-4-6-10-17(15)26-20(27)18-12-24-19(13-23-18)25-16-9-5-3-7-14(16)11-22/h3-10,12-13H,2H2,1H3,(H,24,25)(H,26,27). The number of para-hydroxylation sites is 2. The van der Waals surface area contributed by atoms with Crippen LogP contribution in [0.15, 0.2) is 60.9 Å². The van der Waals surface area contributed by atoms with Gasteiger partial charge in [0.15, 0.2) is 0 Å². The van der Waals surface area contributed by atoms with Gasteiger partial charge in [0.2, 0.25) is 0 Å². The third-order valence-electron chi connectivity index (χ3n) is 3.87. The van der Waals surface area contributed by atoms with Gasteiger partial charge in [-0.3, -0.25) is 4.79 Å². The molecule has 2 N–H and O–H groups in total. The number of rotatable bonds is 6. The molecule has 0 aliphatic carbocycles. The van der Waals surface area contributed by atoms with Gasteiger partial charge in [0.1, 0.15) is 17.6 Å². The first-order chi connectivity index (χ1) is 14.1. The number of hydrogen-bond acceptors (Lipinski definition) is 7. The zero-order valence-electron chi connectivity index (χ0n) is 15.5. The highest BCUT2D eigenvalue weighted by Gasteiger charge is 2.16. The van der Waals surface area contributed by atoms with E-state index >= 15 is 0 Å². The smallest absolute Gasteiger partial charge is 0.340 e. The molecule has 144 valence electrons. The van der Waals surface area contributed by atoms with E-state index in [0.717, 1.165) is 0 Å². The molecule has 0 saturated carbocycles. The Hall–Kier alpha value is -4.25. The van der Waals surface area contributed by atoms with Gasteiger partial charge in [-0.05, 0) is 31.2 Å². The third kappa shape index (κ3) is 4.73. The van der Waals surface area contributed by atoms with Gasteiger partial charge in [-0.15, -0.1) is 0 Å². The number of nitrogens with one attached hydrogen (secondary N) is 2. The fourth-order valence-electron chi connectivity index (χ4n) is 2.50. The number of carbonyl (C=O) groups is 2. The van der Waals surface area contributed by atoms with Crippen molar-refractivity contribution in [1.82, 2.24) is 9.97 Å². The molecule has 29 heavy (non-hydrogen) atoms. The van der Waals surface area contributed by atoms with Crippen LogP contribution in [0.25, 0.3) is 0 Å². The zero-order chi connectivity index (χ0) is 20.6. The Labute approximate surface area is 167 Å². The molecule has 0 aliphatic rings. The highest BCUT2D eigenvalue weighted by Crippen LogP contribution is 2.19. The van der Waals surface area contributed by atoms with Gasteiger partial charge in [0, 0.05) is 0 Å². The van der Waals surface area contributed by atoms with Crippen LogP contribution in [-0.2, 0) is 4.74 Å². The number of esters is 1. The maximum atomic E-state index is 12.5. The molecule has 8 heteroatoms. The van der Waals surface area contributed by atoms with Crippen molar-refractivity contribution < 1.29 is 14.3 Å². The molecule has 1 heterocycles. The average molecular weight is 387 g/mol. The summed E-state index contributed by atoms with van der Waals surface area (Å²) in [5.41, 5.74) is 1.70. The fraction of sp³-hybridized carbons (Fsp3) is 0.0952. The maximum absolute atomic E-state index is 12.5. The average Bonchev–Trinajstić information content (AvgIpc) is 2.75. The lowest BCUT2D eigenvalue weighted by Crippen LogP contribution is -2.17. The van der Waals surface area contributed by atoms with Crippen LogP contribution in [0, 0.1) is 11.3 Å². The summed E-state index contributed by atoms with van der Waals surface area (Å²) in [6.45, 7) is 1.94. The molecule has 0 saturated heterocycles. The van der Waals surface area contributed by atoms with Crippen molar-refractivity contribution in [2.75, 3.05) is 17.2 Å². The van der Waals surface area contributed by atoms with Gasteiger partial charge in [0.25, 0.3) is 5.91 Å². The highest BCUT2D eigenvalue weighted by atomic mass is 16.5. The number of anilines is 3. The number of ether oxygens (including phenoxy) is 1. The molecular weight excluding hydrogens is 370 g/mol. The summed E-state index contributed by atoms with van der Waals surface area (Å²) in [5, 5.41) is 14.8. The van der Waals surface area contributed by atoms with Crippen LogP contribution in [0.4, 0.5) is 17.2 Å². The Morgan fingerprint density at radius 3 is 2.45 bits per heavy atom. The molecule has 1 aromatic heterocycles. The molecule has 0 unspecified atom stereocenters. The number of carbonyl (C=O) groups excluding carboxylic acids is 2. The number of aromatic nitrogens is 2. The topological polar surface area (TPSA) is 117 Å². The van der Waals surface area contributed by atoms with E-state index in [2.05, 4.69) is 26.7 Å². The number of nitrogens with zero attached hydrogens (tertiary/aromatic N) is 3. The van der Waals surface area contributed by atoms with Gasteiger partial charge < -0.3 is 15.4 Å². The van der Waals surface area contributed by atoms with E-state index in [0.29, 0.717) is 22.8 Å². The van der Waals surface area contributed by atoms with E-state index in [4.69, 9.17) is 10.00 Å². The lowest BCUT2D eigenvalue weighted by molar-refractivity contribution is 0.0527. The number of amides is 1. The first-order valence-electron chi connectivity index (χ1n) is 8.78. The summed E-state index contributed by atoms with van der Waals surface area (Å²) < 4.78 is 5.00. The summed E-state index contributed by atoms with van der Waals surface area (Å²) in [5.74, 6) is -0.653. The second-order valence-electron chi connectivity index (χ2n) is 5.79. The van der Waals surface area contributed by atoms with E-state index in [9.17, 15) is 9.59 Å². The molecule has 3 rings (SSSR count). The van der Waals surface area contributed by atoms with E-state index < -0.39 is 11.9 Å². The molecule has 3 aromatic rings. The van der Waals surface area contributed by atoms with Crippen LogP contribution >= 0.6 is 0 Å². The first-order valence-corrected chi connectivity index (χ1v) is 8.78. The van der Waals surface area contributed by atoms with Crippen molar-refractivity contribution in [3.63, 3.8) is 0 Å². The molecular formula is C21H17N5O3. The normalized spacial score (nSPS) is 9.93. The van der Waals surface area contributed by atoms with E-state index in [1.807, 2.05) is 0 Å². The minimum Gasteiger partial charge on any atom is -0.462 e. The van der Waals surface area contributed by atoms with Crippen molar-refractivity contribution >= 4 is 29.1 Å². The van der Waals surface area contributed by atoms with Crippen molar-refractivity contribution in [3.8, 4) is 6.07 Å². The second-order valence-corrected chi connectivity index (χ2v) is 5.79. The molecule has 0 radical (unpaired) electrons. The lowest BCUT2D eigenvalue weighted by atomic mass is 10.1. The van der Waals surface area contributed by atoms with Crippen molar-refractivity contribution in [3.05, 3.63) is 77.7 Å². The molecule has 0 aliphatic heterocycles. The minimum absolute atomic E-state index is 0.0720. The SMILES string of the molecule is CCOC(=O)c1ccccc1NC(=O)c1cnc(Nc2ccccc2C#N)cn1. The Kier molecular flexibility index (Phi) is 6.12. The zero-order valence-corrected chi connectivity index (χ0v) is 15.5. The largest absolute Gasteiger partial charge is 0.462 e. The minimum atomic E-state index is -0.523. The first kappa shape index (κ1) is 19.5. The van der Waals surface area contributed by atoms with Crippen molar-refractivity contribution in [2.45, 2.75) is 6.92 Å². The molecule has 8 nitrogen and oxygen atoms in total. The van der Waals surface area contributed by atoms with Crippen LogP contribution in [0.3, 0.4) is 0 Å². The molecule has 2 aromatic carbocycles. The fourth-order valence-corrected chi connectivity index (χ4v) is 2.50. The third-order valence-corrected chi connectivity index (χ3v) is 3.87. The molecule has 0 fully saturated rings. The Morgan fingerprint density at radius 1 is 1.03 bits per heavy atom. The summed E-state index contributed by atoms with van der Waals surface area (Å²) in [6.07, 6.45) is 2.69. The maximum Gasteiger partial charge on any atom is 0.340 e. The van der Waals surface area contributed by atoms with Gasteiger partial charge in [-0.1, -0.05) is 24.3 Å². The Balaban J connectivity index is 1.73. The summed E-state index contributed by atoms with van der Waals surface area (Å²) in [4.78, 5) is 32.8. The number of nitriles is 1. The summed E-state index contributed by atoms with van der Waals surface area (Å²) >= 11 is 0. The van der Waals surface area contributed by atoms with E-state index in [1.54, 1.807) is 55.5 Å². The van der Waals surface area contributed by atoms with Crippen LogP contribution < -0.4 is 10.6 Å². The summed E-state index contributed by atoms with van der Waals surface area (Å²) in [6, 6.07) is 15.6. The van der Waals surface area contributed by atoms with Gasteiger partial charge >= 0.3 is 5.97 Å². The monoisotopic (exact) mass is 387 g/mol. The number of benzene rings is 2. The highest BCUT2D eigenvalue weighted by molar-refractivity contribution is 6.07. The van der Waals surface area contributed by atoms with Crippen molar-refractivity contribution in [1.29, 1.82) is 5.26 Å². The summed E-state index contributed by atoms with van der Waals surface area (Å²) in [7, 11) is 0. The molecule has 0 atom stereocenters. The van der Waals surface area contributed by atoms with Crippen LogP contribution in [0.2, 0.25) is 0 Å². The quantitative estimate of drug-likeness (QED) is 0.621. The predicted molar refractivity (Wildman–Crippen MR) is 107 cm³/mol. The Bertz CT molecular complexity index is 1070. The van der Waals surface area contributed by atoms with E-state index in [1.165, 1.54) is 12.4 Å². The van der Waals surface area contributed by atoms with Crippen molar-refractivity contribution in [2.24, 2.45) is 0 Å². The van der Waals surface area contributed by atoms with E-state index in [-0.39, 0.29) is 17.9 Å². The van der Waals surface area contributed by atoms with Gasteiger partial charge in [-0.2, -0.15) is 5.26 Å². The van der Waals surface area contributed by atoms with Crippen LogP contribution in [-0.4, -0.2) is 28.5 Å². The van der Waals surface area contributed by atoms with Crippen LogP contribution in [0.5, 0.6) is 0 Å². The van der Waals surface area contributed by atoms with Crippen LogP contribution in [0.1, 0.15) is 33.3 Å². The van der Waals surface area contributed by atoms with Gasteiger partial charge in [-0.25, -0.2) is 14.8 Å². The second kappa shape index (κ2) is 9.10. The lowest BCUT2D eigenvalue weighted by Gasteiger charge is -2.10.